The fourth-order valence-electron chi connectivity index (χ4n) is 2.44. The number of hydrogen-bond donors (Lipinski definition) is 0. The Morgan fingerprint density at radius 2 is 1.80 bits per heavy atom. The smallest absolute Gasteiger partial charge is 0.216 e. The number of fused-ring (bicyclic) bond motifs is 3. The highest BCUT2D eigenvalue weighted by atomic mass is 33.1. The molecule has 0 N–H and O–H groups in total. The number of benzene rings is 2. The molecular weight excluding hydrogens is 292 g/mol. The van der Waals surface area contributed by atoms with Crippen LogP contribution in [-0.2, 0) is 8.87 Å². The van der Waals surface area contributed by atoms with E-state index in [0.717, 1.165) is 10.8 Å². The van der Waals surface area contributed by atoms with Gasteiger partial charge in [-0.2, -0.15) is 10.5 Å². The highest BCUT2D eigenvalue weighted by molar-refractivity contribution is 8.72. The van der Waals surface area contributed by atoms with E-state index in [2.05, 4.69) is 0 Å². The summed E-state index contributed by atoms with van der Waals surface area (Å²) in [5.74, 6) is -0.952. The Morgan fingerprint density at radius 3 is 2.50 bits per heavy atom. The molecule has 3 rings (SSSR count). The molecule has 2 aromatic rings. The average Bonchev–Trinajstić information content (AvgIpc) is 2.44. The summed E-state index contributed by atoms with van der Waals surface area (Å²) in [6.07, 6.45) is 0. The highest BCUT2D eigenvalue weighted by Crippen LogP contribution is 2.46. The van der Waals surface area contributed by atoms with Gasteiger partial charge in [0.2, 0.25) is 8.87 Å². The first-order chi connectivity index (χ1) is 9.58. The molecule has 0 radical (unpaired) electrons. The predicted molar refractivity (Wildman–Crippen MR) is 76.5 cm³/mol. The third-order valence-electron chi connectivity index (χ3n) is 3.33. The van der Waals surface area contributed by atoms with Crippen LogP contribution in [0, 0.1) is 22.7 Å². The van der Waals surface area contributed by atoms with Crippen LogP contribution in [0.3, 0.4) is 0 Å². The molecule has 6 heteroatoms. The SMILES string of the molecule is N#CC1c2c(ccc3ccccc23)SS(=O)(=O)C1C#N. The maximum atomic E-state index is 12.1. The van der Waals surface area contributed by atoms with Gasteiger partial charge in [0.05, 0.1) is 12.1 Å². The fraction of sp³-hybridized carbons (Fsp3) is 0.143. The lowest BCUT2D eigenvalue weighted by molar-refractivity contribution is 0.598. The molecule has 2 unspecified atom stereocenters. The quantitative estimate of drug-likeness (QED) is 0.699. The van der Waals surface area contributed by atoms with Crippen molar-refractivity contribution in [1.82, 2.24) is 0 Å². The van der Waals surface area contributed by atoms with Crippen LogP contribution < -0.4 is 0 Å². The largest absolute Gasteiger partial charge is 0.224 e. The molecule has 1 aliphatic rings. The highest BCUT2D eigenvalue weighted by Gasteiger charge is 2.42. The van der Waals surface area contributed by atoms with Crippen LogP contribution in [0.25, 0.3) is 10.8 Å². The van der Waals surface area contributed by atoms with Crippen LogP contribution in [0.1, 0.15) is 11.5 Å². The van der Waals surface area contributed by atoms with Crippen LogP contribution in [0.5, 0.6) is 0 Å². The Morgan fingerprint density at radius 1 is 1.05 bits per heavy atom. The van der Waals surface area contributed by atoms with Crippen LogP contribution in [0.15, 0.2) is 41.3 Å². The van der Waals surface area contributed by atoms with E-state index < -0.39 is 20.0 Å². The first-order valence-electron chi connectivity index (χ1n) is 5.82. The Kier molecular flexibility index (Phi) is 2.93. The van der Waals surface area contributed by atoms with Crippen molar-refractivity contribution >= 4 is 30.4 Å². The van der Waals surface area contributed by atoms with E-state index >= 15 is 0 Å². The third-order valence-corrected chi connectivity index (χ3v) is 6.95. The van der Waals surface area contributed by atoms with Crippen LogP contribution in [-0.4, -0.2) is 13.7 Å². The lowest BCUT2D eigenvalue weighted by Gasteiger charge is -2.25. The zero-order valence-corrected chi connectivity index (χ0v) is 11.8. The van der Waals surface area contributed by atoms with Crippen molar-refractivity contribution in [1.29, 1.82) is 10.5 Å². The number of nitriles is 2. The average molecular weight is 300 g/mol. The van der Waals surface area contributed by atoms with Gasteiger partial charge in [0.15, 0.2) is 5.25 Å². The molecule has 0 amide bonds. The van der Waals surface area contributed by atoms with Crippen LogP contribution >= 0.6 is 10.8 Å². The molecule has 20 heavy (non-hydrogen) atoms. The monoisotopic (exact) mass is 300 g/mol. The standard InChI is InChI=1S/C14H8N2O2S2/c15-7-11-13(8-16)20(17,18)19-12-6-5-9-3-1-2-4-10(9)14(11)12/h1-6,11,13H. The van der Waals surface area contributed by atoms with E-state index in [9.17, 15) is 13.7 Å². The van der Waals surface area contributed by atoms with Crippen molar-refractivity contribution in [3.8, 4) is 12.1 Å². The molecule has 0 fully saturated rings. The molecule has 1 heterocycles. The minimum absolute atomic E-state index is 0.543. The van der Waals surface area contributed by atoms with Crippen molar-refractivity contribution in [3.05, 3.63) is 42.0 Å². The van der Waals surface area contributed by atoms with E-state index in [1.54, 1.807) is 12.1 Å². The van der Waals surface area contributed by atoms with Gasteiger partial charge in [0, 0.05) is 15.7 Å². The molecule has 0 aromatic heterocycles. The van der Waals surface area contributed by atoms with E-state index in [1.165, 1.54) is 0 Å². The second-order valence-electron chi connectivity index (χ2n) is 4.43. The molecule has 0 bridgehead atoms. The van der Waals surface area contributed by atoms with Gasteiger partial charge in [-0.1, -0.05) is 30.3 Å². The Labute approximate surface area is 120 Å². The minimum Gasteiger partial charge on any atom is -0.216 e. The molecule has 0 aliphatic carbocycles. The Hall–Kier alpha value is -2.02. The minimum atomic E-state index is -3.68. The topological polar surface area (TPSA) is 81.7 Å². The van der Waals surface area contributed by atoms with Gasteiger partial charge in [-0.25, -0.2) is 8.42 Å². The van der Waals surface area contributed by atoms with E-state index in [4.69, 9.17) is 5.26 Å². The van der Waals surface area contributed by atoms with Gasteiger partial charge in [0.1, 0.15) is 5.92 Å². The zero-order chi connectivity index (χ0) is 14.3. The molecular formula is C14H8N2O2S2. The second-order valence-corrected chi connectivity index (χ2v) is 8.42. The summed E-state index contributed by atoms with van der Waals surface area (Å²) in [7, 11) is -3.00. The van der Waals surface area contributed by atoms with E-state index in [0.29, 0.717) is 21.3 Å². The summed E-state index contributed by atoms with van der Waals surface area (Å²) in [5.41, 5.74) is 0.650. The van der Waals surface area contributed by atoms with Gasteiger partial charge in [-0.3, -0.25) is 0 Å². The van der Waals surface area contributed by atoms with Crippen molar-refractivity contribution in [2.45, 2.75) is 16.1 Å². The maximum absolute atomic E-state index is 12.1. The summed E-state index contributed by atoms with van der Waals surface area (Å²) >= 11 is 0. The number of rotatable bonds is 0. The third kappa shape index (κ3) is 1.77. The summed E-state index contributed by atoms with van der Waals surface area (Å²) in [6.45, 7) is 0. The lowest BCUT2D eigenvalue weighted by Crippen LogP contribution is -2.28. The van der Waals surface area contributed by atoms with Gasteiger partial charge >= 0.3 is 0 Å². The summed E-state index contributed by atoms with van der Waals surface area (Å²) in [5, 5.41) is 18.9. The predicted octanol–water partition coefficient (Wildman–Crippen LogP) is 2.77. The summed E-state index contributed by atoms with van der Waals surface area (Å²) < 4.78 is 24.1. The van der Waals surface area contributed by atoms with Gasteiger partial charge < -0.3 is 0 Å². The molecule has 2 aromatic carbocycles. The summed E-state index contributed by atoms with van der Waals surface area (Å²) in [6, 6.07) is 14.8. The molecule has 2 atom stereocenters. The van der Waals surface area contributed by atoms with Gasteiger partial charge in [0.25, 0.3) is 0 Å². The first-order valence-corrected chi connectivity index (χ1v) is 8.70. The van der Waals surface area contributed by atoms with E-state index in [1.807, 2.05) is 36.4 Å². The van der Waals surface area contributed by atoms with Crippen molar-refractivity contribution in [2.75, 3.05) is 0 Å². The molecule has 1 aliphatic heterocycles. The van der Waals surface area contributed by atoms with Gasteiger partial charge in [-0.15, -0.1) is 0 Å². The zero-order valence-electron chi connectivity index (χ0n) is 10.1. The maximum Gasteiger partial charge on any atom is 0.224 e. The van der Waals surface area contributed by atoms with Gasteiger partial charge in [-0.05, 0) is 22.4 Å². The van der Waals surface area contributed by atoms with Crippen molar-refractivity contribution in [2.24, 2.45) is 0 Å². The second kappa shape index (κ2) is 4.52. The van der Waals surface area contributed by atoms with Crippen molar-refractivity contribution in [3.63, 3.8) is 0 Å². The van der Waals surface area contributed by atoms with Crippen LogP contribution in [0.4, 0.5) is 0 Å². The summed E-state index contributed by atoms with van der Waals surface area (Å²) in [4.78, 5) is 0.543. The van der Waals surface area contributed by atoms with Crippen LogP contribution in [0.2, 0.25) is 0 Å². The molecule has 4 nitrogen and oxygen atoms in total. The molecule has 98 valence electrons. The van der Waals surface area contributed by atoms with Crippen molar-refractivity contribution < 1.29 is 8.42 Å². The first kappa shape index (κ1) is 13.0. The molecule has 0 spiro atoms. The Bertz CT molecular complexity index is 892. The Balaban J connectivity index is 2.40. The lowest BCUT2D eigenvalue weighted by atomic mass is 9.92. The molecule has 0 saturated carbocycles. The normalized spacial score (nSPS) is 23.5. The molecule has 0 saturated heterocycles. The number of nitrogens with zero attached hydrogens (tertiary/aromatic N) is 2. The number of hydrogen-bond acceptors (Lipinski definition) is 5. The fourth-order valence-corrected chi connectivity index (χ4v) is 5.86. The van der Waals surface area contributed by atoms with E-state index in [-0.39, 0.29) is 0 Å².